The molecule has 0 spiro atoms. The minimum absolute atomic E-state index is 0.0717. The van der Waals surface area contributed by atoms with Crippen molar-refractivity contribution in [3.05, 3.63) is 0 Å². The highest BCUT2D eigenvalue weighted by Gasteiger charge is 2.08. The van der Waals surface area contributed by atoms with Crippen LogP contribution in [0.15, 0.2) is 0 Å². The summed E-state index contributed by atoms with van der Waals surface area (Å²) in [6.45, 7) is 6.28. The Hall–Kier alpha value is -0.770. The van der Waals surface area contributed by atoms with E-state index in [1.807, 2.05) is 0 Å². The number of nitrogens with one attached hydrogen (secondary N) is 2. The van der Waals surface area contributed by atoms with Crippen LogP contribution in [-0.4, -0.2) is 25.1 Å². The molecule has 113 valence electrons. The molecule has 1 radical (unpaired) electrons. The molecule has 0 fully saturated rings. The van der Waals surface area contributed by atoms with Crippen molar-refractivity contribution >= 4 is 5.96 Å². The maximum absolute atomic E-state index is 7.12. The Morgan fingerprint density at radius 2 is 1.68 bits per heavy atom. The molecule has 0 saturated heterocycles. The lowest BCUT2D eigenvalue weighted by Gasteiger charge is -2.17. The second kappa shape index (κ2) is 13.7. The fourth-order valence-electron chi connectivity index (χ4n) is 2.15. The Labute approximate surface area is 119 Å². The maximum atomic E-state index is 7.12. The first-order chi connectivity index (χ1) is 9.20. The van der Waals surface area contributed by atoms with Gasteiger partial charge >= 0.3 is 0 Å². The van der Waals surface area contributed by atoms with E-state index in [0.717, 1.165) is 25.9 Å². The number of hydrogen-bond donors (Lipinski definition) is 3. The molecule has 0 rings (SSSR count). The molecule has 0 amide bonds. The normalized spacial score (nSPS) is 12.3. The van der Waals surface area contributed by atoms with Gasteiger partial charge in [0, 0.05) is 19.1 Å². The fourth-order valence-corrected chi connectivity index (χ4v) is 2.15. The van der Waals surface area contributed by atoms with Gasteiger partial charge in [0.2, 0.25) is 0 Å². The van der Waals surface area contributed by atoms with Crippen molar-refractivity contribution in [2.75, 3.05) is 13.1 Å². The summed E-state index contributed by atoms with van der Waals surface area (Å²) in [5.74, 6) is 0.0717. The predicted octanol–water partition coefficient (Wildman–Crippen LogP) is 2.99. The van der Waals surface area contributed by atoms with Gasteiger partial charge in [0.25, 0.3) is 0 Å². The molecule has 0 saturated carbocycles. The summed E-state index contributed by atoms with van der Waals surface area (Å²) < 4.78 is 0. The Bertz CT molecular complexity index is 206. The number of nitrogens with zero attached hydrogens (tertiary/aromatic N) is 1. The van der Waals surface area contributed by atoms with Crippen molar-refractivity contribution in [3.8, 4) is 0 Å². The third-order valence-electron chi connectivity index (χ3n) is 3.32. The molecule has 4 nitrogen and oxygen atoms in total. The summed E-state index contributed by atoms with van der Waals surface area (Å²) >= 11 is 0. The second-order valence-corrected chi connectivity index (χ2v) is 5.25. The lowest BCUT2D eigenvalue weighted by Crippen LogP contribution is -2.32. The van der Waals surface area contributed by atoms with Gasteiger partial charge in [-0.05, 0) is 25.7 Å². The van der Waals surface area contributed by atoms with Crippen LogP contribution in [0.1, 0.15) is 71.6 Å². The van der Waals surface area contributed by atoms with Gasteiger partial charge in [-0.2, -0.15) is 0 Å². The molecular weight excluding hydrogens is 236 g/mol. The molecule has 0 aromatic rings. The summed E-state index contributed by atoms with van der Waals surface area (Å²) in [5, 5.41) is 14.8. The van der Waals surface area contributed by atoms with Crippen molar-refractivity contribution in [3.63, 3.8) is 0 Å². The standard InChI is InChI=1S/C15H33N4/c1-3-5-7-10-14(18-12-8-6-4-2)11-9-13-19-15(16)17/h14H,3-13H2,1-2H3,(H4,16,17,19). The van der Waals surface area contributed by atoms with Gasteiger partial charge in [-0.1, -0.05) is 46.0 Å². The van der Waals surface area contributed by atoms with E-state index >= 15 is 0 Å². The molecule has 1 atom stereocenters. The Balaban J connectivity index is 3.72. The minimum atomic E-state index is 0.0717. The van der Waals surface area contributed by atoms with Crippen LogP contribution in [0.25, 0.3) is 0 Å². The van der Waals surface area contributed by atoms with Gasteiger partial charge in [-0.3, -0.25) is 5.41 Å². The average Bonchev–Trinajstić information content (AvgIpc) is 2.38. The first-order valence-electron chi connectivity index (χ1n) is 7.95. The van der Waals surface area contributed by atoms with Crippen LogP contribution in [0, 0.1) is 5.41 Å². The first-order valence-corrected chi connectivity index (χ1v) is 7.95. The zero-order chi connectivity index (χ0) is 14.3. The highest BCUT2D eigenvalue weighted by Crippen LogP contribution is 2.10. The van der Waals surface area contributed by atoms with Gasteiger partial charge in [-0.25, -0.2) is 5.32 Å². The van der Waals surface area contributed by atoms with Gasteiger partial charge in [0.1, 0.15) is 0 Å². The molecule has 0 aromatic carbocycles. The number of unbranched alkanes of at least 4 members (excludes halogenated alkanes) is 4. The Morgan fingerprint density at radius 1 is 1.05 bits per heavy atom. The van der Waals surface area contributed by atoms with Crippen molar-refractivity contribution in [1.29, 1.82) is 5.41 Å². The highest BCUT2D eigenvalue weighted by molar-refractivity contribution is 5.74. The molecular formula is C15H33N4. The lowest BCUT2D eigenvalue weighted by molar-refractivity contribution is 0.411. The zero-order valence-corrected chi connectivity index (χ0v) is 12.9. The quantitative estimate of drug-likeness (QED) is 0.273. The molecule has 1 unspecified atom stereocenters. The summed E-state index contributed by atoms with van der Waals surface area (Å²) in [7, 11) is 0. The molecule has 0 aliphatic heterocycles. The minimum Gasteiger partial charge on any atom is -0.370 e. The number of hydrogen-bond acceptors (Lipinski definition) is 1. The molecule has 4 N–H and O–H groups in total. The Kier molecular flexibility index (Phi) is 13.1. The van der Waals surface area contributed by atoms with Gasteiger partial charge in [0.05, 0.1) is 0 Å². The monoisotopic (exact) mass is 269 g/mol. The van der Waals surface area contributed by atoms with Crippen LogP contribution in [0.4, 0.5) is 0 Å². The van der Waals surface area contributed by atoms with Crippen molar-refractivity contribution in [1.82, 2.24) is 10.6 Å². The van der Waals surface area contributed by atoms with E-state index < -0.39 is 0 Å². The number of nitrogens with two attached hydrogens (primary N) is 1. The van der Waals surface area contributed by atoms with Gasteiger partial charge < -0.3 is 11.1 Å². The SMILES string of the molecule is CCCCC[N]C(CCCCC)CCCNC(=N)N. The smallest absolute Gasteiger partial charge is 0.185 e. The topological polar surface area (TPSA) is 76.0 Å². The van der Waals surface area contributed by atoms with E-state index in [-0.39, 0.29) is 5.96 Å². The third kappa shape index (κ3) is 13.5. The summed E-state index contributed by atoms with van der Waals surface area (Å²) in [6, 6.07) is 0.511. The lowest BCUT2D eigenvalue weighted by atomic mass is 10.0. The predicted molar refractivity (Wildman–Crippen MR) is 83.6 cm³/mol. The highest BCUT2D eigenvalue weighted by atomic mass is 15.0. The summed E-state index contributed by atoms with van der Waals surface area (Å²) in [6.07, 6.45) is 11.0. The zero-order valence-electron chi connectivity index (χ0n) is 12.9. The van der Waals surface area contributed by atoms with E-state index in [2.05, 4.69) is 19.2 Å². The number of rotatable bonds is 13. The van der Waals surface area contributed by atoms with E-state index in [9.17, 15) is 0 Å². The molecule has 0 aromatic heterocycles. The van der Waals surface area contributed by atoms with Crippen LogP contribution < -0.4 is 16.4 Å². The average molecular weight is 269 g/mol. The van der Waals surface area contributed by atoms with E-state index in [1.54, 1.807) is 0 Å². The van der Waals surface area contributed by atoms with Crippen LogP contribution in [0.3, 0.4) is 0 Å². The Morgan fingerprint density at radius 3 is 2.32 bits per heavy atom. The van der Waals surface area contributed by atoms with Crippen molar-refractivity contribution in [2.24, 2.45) is 5.73 Å². The molecule has 0 heterocycles. The van der Waals surface area contributed by atoms with E-state index in [0.29, 0.717) is 6.04 Å². The van der Waals surface area contributed by atoms with Crippen molar-refractivity contribution < 1.29 is 0 Å². The van der Waals surface area contributed by atoms with Crippen LogP contribution in [0.2, 0.25) is 0 Å². The third-order valence-corrected chi connectivity index (χ3v) is 3.32. The molecule has 0 aliphatic rings. The van der Waals surface area contributed by atoms with E-state index in [1.165, 1.54) is 44.9 Å². The van der Waals surface area contributed by atoms with Crippen LogP contribution in [-0.2, 0) is 0 Å². The van der Waals surface area contributed by atoms with Crippen LogP contribution >= 0.6 is 0 Å². The number of guanidine groups is 1. The second-order valence-electron chi connectivity index (χ2n) is 5.25. The van der Waals surface area contributed by atoms with Crippen LogP contribution in [0.5, 0.6) is 0 Å². The molecule has 0 aliphatic carbocycles. The summed E-state index contributed by atoms with van der Waals surface area (Å²) in [4.78, 5) is 0. The maximum Gasteiger partial charge on any atom is 0.185 e. The van der Waals surface area contributed by atoms with E-state index in [4.69, 9.17) is 16.5 Å². The first kappa shape index (κ1) is 18.2. The summed E-state index contributed by atoms with van der Waals surface area (Å²) in [5.41, 5.74) is 5.27. The molecule has 4 heteroatoms. The molecule has 0 bridgehead atoms. The fraction of sp³-hybridized carbons (Fsp3) is 0.933. The largest absolute Gasteiger partial charge is 0.370 e. The molecule has 19 heavy (non-hydrogen) atoms. The van der Waals surface area contributed by atoms with Gasteiger partial charge in [-0.15, -0.1) is 0 Å². The van der Waals surface area contributed by atoms with Crippen molar-refractivity contribution in [2.45, 2.75) is 77.7 Å². The van der Waals surface area contributed by atoms with Gasteiger partial charge in [0.15, 0.2) is 5.96 Å².